The van der Waals surface area contributed by atoms with Gasteiger partial charge in [-0.15, -0.1) is 0 Å². The second-order valence-corrected chi connectivity index (χ2v) is 5.82. The molecular weight excluding hydrogens is 200 g/mol. The molecule has 0 aromatic carbocycles. The van der Waals surface area contributed by atoms with Crippen LogP contribution in [-0.2, 0) is 4.79 Å². The molecular formula is C13H26N2O. The van der Waals surface area contributed by atoms with E-state index in [2.05, 4.69) is 13.8 Å². The monoisotopic (exact) mass is 226 g/mol. The lowest BCUT2D eigenvalue weighted by Gasteiger charge is -2.25. The van der Waals surface area contributed by atoms with E-state index in [0.29, 0.717) is 17.9 Å². The van der Waals surface area contributed by atoms with Gasteiger partial charge in [-0.1, -0.05) is 20.8 Å². The maximum absolute atomic E-state index is 12.1. The van der Waals surface area contributed by atoms with E-state index in [-0.39, 0.29) is 5.92 Å². The van der Waals surface area contributed by atoms with Crippen LogP contribution in [0.15, 0.2) is 0 Å². The SMILES string of the molecule is CC(CCN)C(=O)N1CCCC(C)(C)CC1. The van der Waals surface area contributed by atoms with Gasteiger partial charge in [0.25, 0.3) is 0 Å². The highest BCUT2D eigenvalue weighted by molar-refractivity contribution is 5.78. The number of carbonyl (C=O) groups excluding carboxylic acids is 1. The van der Waals surface area contributed by atoms with Crippen molar-refractivity contribution in [3.8, 4) is 0 Å². The van der Waals surface area contributed by atoms with Crippen LogP contribution in [0.1, 0.15) is 46.5 Å². The van der Waals surface area contributed by atoms with Gasteiger partial charge in [0.05, 0.1) is 0 Å². The average Bonchev–Trinajstić information content (AvgIpc) is 2.39. The van der Waals surface area contributed by atoms with Crippen molar-refractivity contribution >= 4 is 5.91 Å². The molecule has 1 unspecified atom stereocenters. The van der Waals surface area contributed by atoms with Crippen molar-refractivity contribution in [2.24, 2.45) is 17.1 Å². The molecule has 0 radical (unpaired) electrons. The van der Waals surface area contributed by atoms with E-state index in [4.69, 9.17) is 5.73 Å². The van der Waals surface area contributed by atoms with E-state index in [1.54, 1.807) is 0 Å². The zero-order valence-corrected chi connectivity index (χ0v) is 11.0. The van der Waals surface area contributed by atoms with Gasteiger partial charge in [0.2, 0.25) is 5.91 Å². The van der Waals surface area contributed by atoms with Crippen LogP contribution in [0.25, 0.3) is 0 Å². The Labute approximate surface area is 99.4 Å². The normalized spacial score (nSPS) is 22.6. The first-order valence-corrected chi connectivity index (χ1v) is 6.45. The highest BCUT2D eigenvalue weighted by Crippen LogP contribution is 2.30. The summed E-state index contributed by atoms with van der Waals surface area (Å²) >= 11 is 0. The summed E-state index contributed by atoms with van der Waals surface area (Å²) in [6.07, 6.45) is 4.28. The number of hydrogen-bond donors (Lipinski definition) is 1. The first-order valence-electron chi connectivity index (χ1n) is 6.45. The third-order valence-electron chi connectivity index (χ3n) is 3.67. The summed E-state index contributed by atoms with van der Waals surface area (Å²) in [4.78, 5) is 14.2. The molecule has 1 rings (SSSR count). The zero-order chi connectivity index (χ0) is 12.2. The van der Waals surface area contributed by atoms with Crippen LogP contribution in [0.3, 0.4) is 0 Å². The number of hydrogen-bond acceptors (Lipinski definition) is 2. The summed E-state index contributed by atoms with van der Waals surface area (Å²) in [6.45, 7) is 9.03. The maximum atomic E-state index is 12.1. The van der Waals surface area contributed by atoms with Crippen LogP contribution in [0, 0.1) is 11.3 Å². The van der Waals surface area contributed by atoms with E-state index in [1.165, 1.54) is 6.42 Å². The second kappa shape index (κ2) is 5.67. The molecule has 1 amide bonds. The molecule has 1 aliphatic rings. The highest BCUT2D eigenvalue weighted by atomic mass is 16.2. The topological polar surface area (TPSA) is 46.3 Å². The van der Waals surface area contributed by atoms with Crippen molar-refractivity contribution in [3.63, 3.8) is 0 Å². The molecule has 0 aliphatic carbocycles. The van der Waals surface area contributed by atoms with E-state index in [0.717, 1.165) is 32.4 Å². The Morgan fingerprint density at radius 1 is 1.38 bits per heavy atom. The first-order chi connectivity index (χ1) is 7.46. The molecule has 1 atom stereocenters. The molecule has 3 heteroatoms. The van der Waals surface area contributed by atoms with Crippen molar-refractivity contribution in [1.82, 2.24) is 4.90 Å². The van der Waals surface area contributed by atoms with Gasteiger partial charge < -0.3 is 10.6 Å². The fourth-order valence-electron chi connectivity index (χ4n) is 2.33. The lowest BCUT2D eigenvalue weighted by molar-refractivity contribution is -0.135. The number of rotatable bonds is 3. The van der Waals surface area contributed by atoms with Crippen LogP contribution in [-0.4, -0.2) is 30.4 Å². The zero-order valence-electron chi connectivity index (χ0n) is 11.0. The molecule has 1 saturated heterocycles. The molecule has 2 N–H and O–H groups in total. The lowest BCUT2D eigenvalue weighted by atomic mass is 9.85. The summed E-state index contributed by atoms with van der Waals surface area (Å²) in [5.41, 5.74) is 5.89. The Bertz CT molecular complexity index is 238. The van der Waals surface area contributed by atoms with Crippen LogP contribution in [0.5, 0.6) is 0 Å². The molecule has 0 bridgehead atoms. The molecule has 0 spiro atoms. The number of nitrogens with two attached hydrogens (primary N) is 1. The van der Waals surface area contributed by atoms with Crippen LogP contribution in [0.4, 0.5) is 0 Å². The first kappa shape index (κ1) is 13.5. The quantitative estimate of drug-likeness (QED) is 0.800. The van der Waals surface area contributed by atoms with Crippen molar-refractivity contribution in [2.45, 2.75) is 46.5 Å². The minimum Gasteiger partial charge on any atom is -0.342 e. The largest absolute Gasteiger partial charge is 0.342 e. The van der Waals surface area contributed by atoms with Crippen LogP contribution < -0.4 is 5.73 Å². The second-order valence-electron chi connectivity index (χ2n) is 5.82. The van der Waals surface area contributed by atoms with E-state index >= 15 is 0 Å². The lowest BCUT2D eigenvalue weighted by Crippen LogP contribution is -2.36. The molecule has 16 heavy (non-hydrogen) atoms. The fourth-order valence-corrected chi connectivity index (χ4v) is 2.33. The third-order valence-corrected chi connectivity index (χ3v) is 3.67. The average molecular weight is 226 g/mol. The predicted octanol–water partition coefficient (Wildman–Crippen LogP) is 2.01. The summed E-state index contributed by atoms with van der Waals surface area (Å²) in [7, 11) is 0. The third kappa shape index (κ3) is 3.78. The van der Waals surface area contributed by atoms with Crippen LogP contribution >= 0.6 is 0 Å². The minimum atomic E-state index is 0.0891. The van der Waals surface area contributed by atoms with Gasteiger partial charge in [0, 0.05) is 19.0 Å². The Morgan fingerprint density at radius 2 is 2.06 bits per heavy atom. The summed E-state index contributed by atoms with van der Waals surface area (Å²) < 4.78 is 0. The molecule has 0 saturated carbocycles. The van der Waals surface area contributed by atoms with Gasteiger partial charge in [-0.05, 0) is 37.6 Å². The van der Waals surface area contributed by atoms with Crippen molar-refractivity contribution in [2.75, 3.05) is 19.6 Å². The van der Waals surface area contributed by atoms with Gasteiger partial charge >= 0.3 is 0 Å². The molecule has 1 aliphatic heterocycles. The Balaban J connectivity index is 2.51. The van der Waals surface area contributed by atoms with Crippen molar-refractivity contribution < 1.29 is 4.79 Å². The smallest absolute Gasteiger partial charge is 0.225 e. The summed E-state index contributed by atoms with van der Waals surface area (Å²) in [5, 5.41) is 0. The Hall–Kier alpha value is -0.570. The molecule has 1 fully saturated rings. The number of amides is 1. The summed E-state index contributed by atoms with van der Waals surface area (Å²) in [6, 6.07) is 0. The number of nitrogens with zero attached hydrogens (tertiary/aromatic N) is 1. The number of carbonyl (C=O) groups is 1. The minimum absolute atomic E-state index is 0.0891. The number of likely N-dealkylation sites (tertiary alicyclic amines) is 1. The maximum Gasteiger partial charge on any atom is 0.225 e. The van der Waals surface area contributed by atoms with E-state index < -0.39 is 0 Å². The van der Waals surface area contributed by atoms with E-state index in [9.17, 15) is 4.79 Å². The Kier molecular flexibility index (Phi) is 4.78. The van der Waals surface area contributed by atoms with Gasteiger partial charge in [-0.25, -0.2) is 0 Å². The van der Waals surface area contributed by atoms with Gasteiger partial charge in [-0.3, -0.25) is 4.79 Å². The van der Waals surface area contributed by atoms with Crippen molar-refractivity contribution in [1.29, 1.82) is 0 Å². The fraction of sp³-hybridized carbons (Fsp3) is 0.923. The van der Waals surface area contributed by atoms with Gasteiger partial charge in [0.15, 0.2) is 0 Å². The highest BCUT2D eigenvalue weighted by Gasteiger charge is 2.27. The van der Waals surface area contributed by atoms with Gasteiger partial charge in [0.1, 0.15) is 0 Å². The molecule has 0 aromatic heterocycles. The standard InChI is InChI=1S/C13H26N2O/c1-11(5-8-14)12(16)15-9-4-6-13(2,3)7-10-15/h11H,4-10,14H2,1-3H3. The molecule has 1 heterocycles. The molecule has 3 nitrogen and oxygen atoms in total. The molecule has 94 valence electrons. The predicted molar refractivity (Wildman–Crippen MR) is 67.0 cm³/mol. The molecule has 0 aromatic rings. The summed E-state index contributed by atoms with van der Waals surface area (Å²) in [5.74, 6) is 0.384. The Morgan fingerprint density at radius 3 is 2.69 bits per heavy atom. The van der Waals surface area contributed by atoms with Crippen molar-refractivity contribution in [3.05, 3.63) is 0 Å². The van der Waals surface area contributed by atoms with Crippen LogP contribution in [0.2, 0.25) is 0 Å². The van der Waals surface area contributed by atoms with E-state index in [1.807, 2.05) is 11.8 Å². The van der Waals surface area contributed by atoms with Gasteiger partial charge in [-0.2, -0.15) is 0 Å².